The van der Waals surface area contributed by atoms with Crippen molar-refractivity contribution in [3.63, 3.8) is 0 Å². The van der Waals surface area contributed by atoms with Crippen molar-refractivity contribution in [1.82, 2.24) is 0 Å². The van der Waals surface area contributed by atoms with E-state index in [1.165, 1.54) is 85.0 Å². The molecule has 0 radical (unpaired) electrons. The molecule has 0 aliphatic heterocycles. The van der Waals surface area contributed by atoms with E-state index in [2.05, 4.69) is 48.5 Å². The first-order chi connectivity index (χ1) is 32.1. The minimum absolute atomic E-state index is 0.00155. The van der Waals surface area contributed by atoms with Crippen LogP contribution in [-0.4, -0.2) is 31.6 Å². The van der Waals surface area contributed by atoms with Gasteiger partial charge in [-0.25, -0.2) is 8.42 Å². The van der Waals surface area contributed by atoms with E-state index >= 15 is 0 Å². The normalized spacial score (nSPS) is 30.3. The van der Waals surface area contributed by atoms with Gasteiger partial charge in [-0.2, -0.15) is 8.42 Å². The molecular weight excluding hydrogens is 881 g/mol. The lowest BCUT2D eigenvalue weighted by Crippen LogP contribution is -2.55. The molecule has 8 bridgehead atoms. The van der Waals surface area contributed by atoms with E-state index in [4.69, 9.17) is 9.47 Å². The van der Waals surface area contributed by atoms with Gasteiger partial charge in [-0.3, -0.25) is 4.55 Å². The molecule has 3 N–H and O–H groups in total. The Morgan fingerprint density at radius 3 is 1.12 bits per heavy atom. The van der Waals surface area contributed by atoms with Gasteiger partial charge in [0.2, 0.25) is 9.84 Å². The molecule has 67 heavy (non-hydrogen) atoms. The van der Waals surface area contributed by atoms with Crippen molar-refractivity contribution in [2.45, 2.75) is 113 Å². The Morgan fingerprint density at radius 2 is 0.746 bits per heavy atom. The summed E-state index contributed by atoms with van der Waals surface area (Å²) in [5.74, 6) is 4.43. The Balaban J connectivity index is 0.738. The zero-order valence-corrected chi connectivity index (χ0v) is 38.8. The monoisotopic (exact) mass is 934 g/mol. The van der Waals surface area contributed by atoms with Crippen LogP contribution in [0.15, 0.2) is 154 Å². The molecular formula is C56H54O9S2. The van der Waals surface area contributed by atoms with Gasteiger partial charge in [0, 0.05) is 0 Å². The van der Waals surface area contributed by atoms with Gasteiger partial charge in [0.15, 0.2) is 0 Å². The topological polar surface area (TPSA) is 147 Å². The highest BCUT2D eigenvalue weighted by molar-refractivity contribution is 7.91. The second kappa shape index (κ2) is 15.2. The summed E-state index contributed by atoms with van der Waals surface area (Å²) in [7, 11) is -9.12. The Kier molecular flexibility index (Phi) is 9.69. The molecule has 0 aromatic heterocycles. The summed E-state index contributed by atoms with van der Waals surface area (Å²) < 4.78 is 76.0. The van der Waals surface area contributed by atoms with E-state index in [0.29, 0.717) is 46.7 Å². The Labute approximate surface area is 392 Å². The number of ether oxygens (including phenoxy) is 2. The van der Waals surface area contributed by atoms with Crippen LogP contribution < -0.4 is 9.47 Å². The average Bonchev–Trinajstić information content (AvgIpc) is 3.29. The molecule has 0 heterocycles. The second-order valence-electron chi connectivity index (χ2n) is 21.4. The molecule has 0 amide bonds. The Bertz CT molecular complexity index is 3080. The molecule has 8 saturated carbocycles. The quantitative estimate of drug-likeness (QED) is 0.108. The lowest BCUT2D eigenvalue weighted by molar-refractivity contribution is -0.0283. The maximum absolute atomic E-state index is 13.9. The highest BCUT2D eigenvalue weighted by Gasteiger charge is 2.60. The van der Waals surface area contributed by atoms with Crippen molar-refractivity contribution in [2.24, 2.45) is 23.7 Å². The van der Waals surface area contributed by atoms with Crippen LogP contribution in [0.3, 0.4) is 0 Å². The standard InChI is InChI=1S/C56H54O9S2/c57-44-9-1-40(2-10-44)53-26-36-23-37(27-53)31-55(30-36,34-53)42-5-13-46(14-6-42)64-47-17-19-49(20-18-47)66(59,60)50-21-22-51(52(25-50)67(61,62)63)65-48-15-7-43(8-16-48)56-32-38-24-39(33-56)29-54(28-38,35-56)41-3-11-45(58)12-4-41/h1-22,25,36-39,57-58H,23-24,26-35H2,(H,61,62,63). The van der Waals surface area contributed by atoms with Crippen LogP contribution in [-0.2, 0) is 41.6 Å². The number of hydrogen-bond donors (Lipinski definition) is 3. The van der Waals surface area contributed by atoms with Gasteiger partial charge < -0.3 is 19.7 Å². The fourth-order valence-corrected chi connectivity index (χ4v) is 17.3. The zero-order valence-electron chi connectivity index (χ0n) is 37.2. The number of rotatable bonds is 11. The highest BCUT2D eigenvalue weighted by Crippen LogP contribution is 2.68. The van der Waals surface area contributed by atoms with Crippen LogP contribution in [0, 0.1) is 23.7 Å². The van der Waals surface area contributed by atoms with Gasteiger partial charge in [0.1, 0.15) is 39.4 Å². The van der Waals surface area contributed by atoms with Crippen molar-refractivity contribution in [3.8, 4) is 34.5 Å². The molecule has 14 rings (SSSR count). The van der Waals surface area contributed by atoms with Crippen molar-refractivity contribution < 1.29 is 41.1 Å². The summed E-state index contributed by atoms with van der Waals surface area (Å²) in [4.78, 5) is -1.03. The summed E-state index contributed by atoms with van der Waals surface area (Å²) >= 11 is 0. The first-order valence-electron chi connectivity index (χ1n) is 23.7. The average molecular weight is 935 g/mol. The van der Waals surface area contributed by atoms with Crippen LogP contribution in [0.1, 0.15) is 99.3 Å². The van der Waals surface area contributed by atoms with Crippen LogP contribution in [0.25, 0.3) is 0 Å². The van der Waals surface area contributed by atoms with Crippen molar-refractivity contribution in [1.29, 1.82) is 0 Å². The minimum Gasteiger partial charge on any atom is -0.508 e. The first kappa shape index (κ1) is 42.7. The molecule has 0 spiro atoms. The van der Waals surface area contributed by atoms with Crippen molar-refractivity contribution in [2.75, 3.05) is 0 Å². The van der Waals surface area contributed by atoms with E-state index in [1.54, 1.807) is 24.3 Å². The maximum atomic E-state index is 13.9. The van der Waals surface area contributed by atoms with Gasteiger partial charge in [-0.05, 0) is 236 Å². The number of phenolic OH excluding ortho intramolecular Hbond substituents is 2. The SMILES string of the molecule is O=S(=O)(O)c1cc(S(=O)(=O)c2ccc(Oc3ccc(C45CC6CC(CC(c7ccc(O)cc7)(C6)C4)C5)cc3)cc2)ccc1Oc1ccc(C23CC4CC(CC(c5ccc(O)cc5)(C4)C2)C3)cc1. The molecule has 344 valence electrons. The number of benzene rings is 6. The van der Waals surface area contributed by atoms with E-state index in [-0.39, 0.29) is 42.9 Å². The molecule has 6 aromatic carbocycles. The molecule has 6 aromatic rings. The Hall–Kier alpha value is -5.62. The molecule has 8 aliphatic rings. The van der Waals surface area contributed by atoms with Gasteiger partial charge in [-0.1, -0.05) is 48.5 Å². The predicted octanol–water partition coefficient (Wildman–Crippen LogP) is 12.3. The van der Waals surface area contributed by atoms with Crippen molar-refractivity contribution in [3.05, 3.63) is 162 Å². The summed E-state index contributed by atoms with van der Waals surface area (Å²) in [6, 6.07) is 41.2. The van der Waals surface area contributed by atoms with E-state index in [9.17, 15) is 31.6 Å². The zero-order chi connectivity index (χ0) is 46.0. The van der Waals surface area contributed by atoms with Crippen LogP contribution in [0.4, 0.5) is 0 Å². The third-order valence-electron chi connectivity index (χ3n) is 17.1. The highest BCUT2D eigenvalue weighted by atomic mass is 32.2. The van der Waals surface area contributed by atoms with Gasteiger partial charge >= 0.3 is 0 Å². The summed E-state index contributed by atoms with van der Waals surface area (Å²) in [5.41, 5.74) is 5.47. The van der Waals surface area contributed by atoms with Crippen LogP contribution >= 0.6 is 0 Å². The molecule has 4 unspecified atom stereocenters. The number of sulfone groups is 1. The fraction of sp³-hybridized carbons (Fsp3) is 0.357. The minimum atomic E-state index is -4.90. The smallest absolute Gasteiger partial charge is 0.298 e. The number of aromatic hydroxyl groups is 2. The summed E-state index contributed by atoms with van der Waals surface area (Å²) in [6.07, 6.45) is 14.0. The summed E-state index contributed by atoms with van der Waals surface area (Å²) in [6.45, 7) is 0. The van der Waals surface area contributed by atoms with E-state index in [1.807, 2.05) is 36.4 Å². The van der Waals surface area contributed by atoms with Gasteiger partial charge in [-0.15, -0.1) is 0 Å². The number of hydrogen-bond acceptors (Lipinski definition) is 8. The van der Waals surface area contributed by atoms with E-state index < -0.39 is 24.9 Å². The summed E-state index contributed by atoms with van der Waals surface area (Å²) in [5, 5.41) is 20.0. The van der Waals surface area contributed by atoms with Crippen molar-refractivity contribution >= 4 is 20.0 Å². The molecule has 8 aliphatic carbocycles. The van der Waals surface area contributed by atoms with E-state index in [0.717, 1.165) is 44.6 Å². The van der Waals surface area contributed by atoms with Crippen LogP contribution in [0.5, 0.6) is 34.5 Å². The predicted molar refractivity (Wildman–Crippen MR) is 253 cm³/mol. The Morgan fingerprint density at radius 1 is 0.418 bits per heavy atom. The van der Waals surface area contributed by atoms with Gasteiger partial charge in [0.05, 0.1) is 9.79 Å². The third-order valence-corrected chi connectivity index (χ3v) is 19.8. The van der Waals surface area contributed by atoms with Crippen LogP contribution in [0.2, 0.25) is 0 Å². The van der Waals surface area contributed by atoms with Gasteiger partial charge in [0.25, 0.3) is 10.1 Å². The molecule has 4 atom stereocenters. The fourth-order valence-electron chi connectivity index (χ4n) is 15.3. The second-order valence-corrected chi connectivity index (χ2v) is 24.8. The molecule has 11 heteroatoms. The third kappa shape index (κ3) is 7.35. The largest absolute Gasteiger partial charge is 0.508 e. The maximum Gasteiger partial charge on any atom is 0.298 e. The molecule has 0 saturated heterocycles. The first-order valence-corrected chi connectivity index (χ1v) is 26.6. The molecule has 9 nitrogen and oxygen atoms in total. The molecule has 8 fully saturated rings. The lowest BCUT2D eigenvalue weighted by Gasteiger charge is -2.63. The lowest BCUT2D eigenvalue weighted by atomic mass is 9.42. The number of phenols is 2.